The van der Waals surface area contributed by atoms with E-state index in [-0.39, 0.29) is 11.0 Å². The first-order valence-corrected chi connectivity index (χ1v) is 9.68. The molecule has 2 aromatic rings. The van der Waals surface area contributed by atoms with Gasteiger partial charge < -0.3 is 14.8 Å². The summed E-state index contributed by atoms with van der Waals surface area (Å²) in [6.45, 7) is 0. The average Bonchev–Trinajstić information content (AvgIpc) is 3.03. The Labute approximate surface area is 167 Å². The lowest BCUT2D eigenvalue weighted by molar-refractivity contribution is 0.0977. The molecule has 1 aliphatic rings. The molecule has 27 heavy (non-hydrogen) atoms. The van der Waals surface area contributed by atoms with Crippen molar-refractivity contribution in [3.63, 3.8) is 0 Å². The number of anilines is 1. The first kappa shape index (κ1) is 19.1. The zero-order valence-electron chi connectivity index (χ0n) is 15.0. The van der Waals surface area contributed by atoms with E-state index in [4.69, 9.17) is 21.7 Å². The molecular weight excluding hydrogens is 382 g/mol. The van der Waals surface area contributed by atoms with E-state index in [1.165, 1.54) is 30.4 Å². The monoisotopic (exact) mass is 401 g/mol. The van der Waals surface area contributed by atoms with Crippen molar-refractivity contribution >= 4 is 39.6 Å². The topological polar surface area (TPSA) is 83.4 Å². The van der Waals surface area contributed by atoms with Gasteiger partial charge in [-0.15, -0.1) is 11.3 Å². The molecule has 0 unspecified atom stereocenters. The lowest BCUT2D eigenvalue weighted by Gasteiger charge is -2.11. The van der Waals surface area contributed by atoms with Gasteiger partial charge >= 0.3 is 0 Å². The van der Waals surface area contributed by atoms with Crippen LogP contribution in [-0.4, -0.2) is 25.2 Å². The molecule has 6 nitrogen and oxygen atoms in total. The van der Waals surface area contributed by atoms with Crippen LogP contribution in [0.4, 0.5) is 5.00 Å². The van der Waals surface area contributed by atoms with Crippen LogP contribution in [0, 0.1) is 11.3 Å². The Morgan fingerprint density at radius 1 is 1.22 bits per heavy atom. The minimum Gasteiger partial charge on any atom is -0.493 e. The van der Waals surface area contributed by atoms with Crippen molar-refractivity contribution in [3.8, 4) is 17.6 Å². The lowest BCUT2D eigenvalue weighted by Crippen LogP contribution is -2.34. The zero-order valence-corrected chi connectivity index (χ0v) is 16.7. The number of ether oxygens (including phenoxy) is 2. The maximum atomic E-state index is 12.5. The predicted octanol–water partition coefficient (Wildman–Crippen LogP) is 3.64. The number of nitrogens with zero attached hydrogens (tertiary/aromatic N) is 1. The van der Waals surface area contributed by atoms with Gasteiger partial charge in [0.15, 0.2) is 16.6 Å². The minimum absolute atomic E-state index is 0.157. The van der Waals surface area contributed by atoms with E-state index in [0.29, 0.717) is 27.6 Å². The number of benzene rings is 1. The quantitative estimate of drug-likeness (QED) is 0.761. The molecule has 0 aliphatic heterocycles. The number of nitrogens with one attached hydrogen (secondary N) is 2. The number of hydrogen-bond acceptors (Lipinski definition) is 6. The van der Waals surface area contributed by atoms with Gasteiger partial charge in [0.1, 0.15) is 11.1 Å². The maximum Gasteiger partial charge on any atom is 0.257 e. The lowest BCUT2D eigenvalue weighted by atomic mass is 9.96. The third kappa shape index (κ3) is 4.04. The van der Waals surface area contributed by atoms with E-state index in [2.05, 4.69) is 16.7 Å². The van der Waals surface area contributed by atoms with Gasteiger partial charge in [-0.3, -0.25) is 10.1 Å². The van der Waals surface area contributed by atoms with Crippen LogP contribution in [0.15, 0.2) is 18.2 Å². The summed E-state index contributed by atoms with van der Waals surface area (Å²) in [5.41, 5.74) is 2.14. The van der Waals surface area contributed by atoms with Gasteiger partial charge in [-0.25, -0.2) is 0 Å². The number of fused-ring (bicyclic) bond motifs is 1. The fourth-order valence-corrected chi connectivity index (χ4v) is 4.56. The molecule has 0 bridgehead atoms. The standard InChI is InChI=1S/C19H19N3O3S2/c1-24-14-8-7-11(9-15(14)25-2)17(23)21-19(26)22-18-13(10-20)12-5-3-4-6-16(12)27-18/h7-9H,3-6H2,1-2H3,(H2,21,22,23,26). The van der Waals surface area contributed by atoms with Crippen LogP contribution >= 0.6 is 23.6 Å². The number of carbonyl (C=O) groups is 1. The average molecular weight is 402 g/mol. The highest BCUT2D eigenvalue weighted by atomic mass is 32.1. The molecule has 0 spiro atoms. The summed E-state index contributed by atoms with van der Waals surface area (Å²) in [5, 5.41) is 16.0. The van der Waals surface area contributed by atoms with E-state index in [0.717, 1.165) is 31.2 Å². The first-order chi connectivity index (χ1) is 13.1. The Hall–Kier alpha value is -2.63. The third-order valence-corrected chi connectivity index (χ3v) is 5.79. The summed E-state index contributed by atoms with van der Waals surface area (Å²) < 4.78 is 10.4. The molecule has 0 atom stereocenters. The predicted molar refractivity (Wildman–Crippen MR) is 109 cm³/mol. The molecule has 1 aromatic heterocycles. The van der Waals surface area contributed by atoms with Gasteiger partial charge in [-0.05, 0) is 61.7 Å². The second-order valence-corrected chi connectivity index (χ2v) is 7.52. The van der Waals surface area contributed by atoms with E-state index < -0.39 is 0 Å². The number of rotatable bonds is 4. The molecule has 3 rings (SSSR count). The van der Waals surface area contributed by atoms with Crippen molar-refractivity contribution in [2.45, 2.75) is 25.7 Å². The van der Waals surface area contributed by atoms with Gasteiger partial charge in [0, 0.05) is 10.4 Å². The van der Waals surface area contributed by atoms with E-state index in [9.17, 15) is 10.1 Å². The number of carbonyl (C=O) groups excluding carboxylic acids is 1. The smallest absolute Gasteiger partial charge is 0.257 e. The Morgan fingerprint density at radius 2 is 1.96 bits per heavy atom. The summed E-state index contributed by atoms with van der Waals surface area (Å²) in [4.78, 5) is 13.7. The van der Waals surface area contributed by atoms with Crippen LogP contribution in [0.3, 0.4) is 0 Å². The van der Waals surface area contributed by atoms with Gasteiger partial charge in [0.25, 0.3) is 5.91 Å². The van der Waals surface area contributed by atoms with Crippen molar-refractivity contribution in [3.05, 3.63) is 39.8 Å². The molecule has 1 aromatic carbocycles. The molecule has 1 amide bonds. The molecule has 2 N–H and O–H groups in total. The van der Waals surface area contributed by atoms with Crippen molar-refractivity contribution in [2.75, 3.05) is 19.5 Å². The largest absolute Gasteiger partial charge is 0.493 e. The highest BCUT2D eigenvalue weighted by molar-refractivity contribution is 7.80. The molecule has 8 heteroatoms. The SMILES string of the molecule is COc1ccc(C(=O)NC(=S)Nc2sc3c(c2C#N)CCCC3)cc1OC. The van der Waals surface area contributed by atoms with Crippen LogP contribution in [-0.2, 0) is 12.8 Å². The van der Waals surface area contributed by atoms with Gasteiger partial charge in [0.2, 0.25) is 0 Å². The maximum absolute atomic E-state index is 12.5. The third-order valence-electron chi connectivity index (χ3n) is 4.38. The summed E-state index contributed by atoms with van der Waals surface area (Å²) in [6, 6.07) is 7.14. The molecule has 0 fully saturated rings. The second kappa shape index (κ2) is 8.37. The molecule has 1 aliphatic carbocycles. The van der Waals surface area contributed by atoms with Gasteiger partial charge in [-0.1, -0.05) is 0 Å². The Morgan fingerprint density at radius 3 is 2.67 bits per heavy atom. The fourth-order valence-electron chi connectivity index (χ4n) is 3.06. The minimum atomic E-state index is -0.367. The Kier molecular flexibility index (Phi) is 5.94. The number of nitriles is 1. The number of methoxy groups -OCH3 is 2. The van der Waals surface area contributed by atoms with Crippen molar-refractivity contribution < 1.29 is 14.3 Å². The fraction of sp³-hybridized carbons (Fsp3) is 0.316. The molecule has 0 saturated heterocycles. The number of aryl methyl sites for hydroxylation is 1. The van der Waals surface area contributed by atoms with Crippen LogP contribution in [0.1, 0.15) is 39.2 Å². The Balaban J connectivity index is 1.72. The van der Waals surface area contributed by atoms with E-state index in [1.54, 1.807) is 18.2 Å². The Bertz CT molecular complexity index is 931. The summed E-state index contributed by atoms with van der Waals surface area (Å²) in [5.74, 6) is 0.632. The van der Waals surface area contributed by atoms with Crippen LogP contribution in [0.5, 0.6) is 11.5 Å². The van der Waals surface area contributed by atoms with Crippen molar-refractivity contribution in [1.29, 1.82) is 5.26 Å². The summed E-state index contributed by atoms with van der Waals surface area (Å²) in [6.07, 6.45) is 4.14. The molecule has 0 radical (unpaired) electrons. The number of amides is 1. The molecular formula is C19H19N3O3S2. The van der Waals surface area contributed by atoms with Crippen molar-refractivity contribution in [2.24, 2.45) is 0 Å². The summed E-state index contributed by atoms with van der Waals surface area (Å²) in [7, 11) is 3.04. The van der Waals surface area contributed by atoms with E-state index >= 15 is 0 Å². The van der Waals surface area contributed by atoms with Crippen LogP contribution in [0.2, 0.25) is 0 Å². The van der Waals surface area contributed by atoms with Crippen LogP contribution in [0.25, 0.3) is 0 Å². The van der Waals surface area contributed by atoms with Crippen LogP contribution < -0.4 is 20.1 Å². The number of thiocarbonyl (C=S) groups is 1. The summed E-state index contributed by atoms with van der Waals surface area (Å²) >= 11 is 6.81. The second-order valence-electron chi connectivity index (χ2n) is 6.00. The van der Waals surface area contributed by atoms with Gasteiger partial charge in [0.05, 0.1) is 19.8 Å². The van der Waals surface area contributed by atoms with Crippen molar-refractivity contribution in [1.82, 2.24) is 5.32 Å². The molecule has 1 heterocycles. The van der Waals surface area contributed by atoms with Gasteiger partial charge in [-0.2, -0.15) is 5.26 Å². The highest BCUT2D eigenvalue weighted by Gasteiger charge is 2.21. The first-order valence-electron chi connectivity index (χ1n) is 8.46. The molecule has 0 saturated carbocycles. The molecule has 140 valence electrons. The number of thiophene rings is 1. The van der Waals surface area contributed by atoms with E-state index in [1.807, 2.05) is 0 Å². The normalized spacial score (nSPS) is 12.5. The highest BCUT2D eigenvalue weighted by Crippen LogP contribution is 2.37. The number of hydrogen-bond donors (Lipinski definition) is 2. The zero-order chi connectivity index (χ0) is 19.4.